The van der Waals surface area contributed by atoms with E-state index in [0.717, 1.165) is 23.3 Å². The van der Waals surface area contributed by atoms with Gasteiger partial charge >= 0.3 is 0 Å². The van der Waals surface area contributed by atoms with Crippen LogP contribution in [0, 0.1) is 22.7 Å². The van der Waals surface area contributed by atoms with Crippen LogP contribution in [0.4, 0.5) is 0 Å². The molecule has 1 saturated carbocycles. The molecule has 1 aliphatic rings. The van der Waals surface area contributed by atoms with Crippen molar-refractivity contribution in [3.8, 4) is 0 Å². The minimum Gasteiger partial charge on any atom is -0.379 e. The molecule has 98 valence electrons. The van der Waals surface area contributed by atoms with Crippen molar-refractivity contribution in [2.75, 3.05) is 11.5 Å². The van der Waals surface area contributed by atoms with E-state index in [2.05, 4.69) is 0 Å². The van der Waals surface area contributed by atoms with Gasteiger partial charge in [0.15, 0.2) is 10.3 Å². The Morgan fingerprint density at radius 3 is 2.00 bits per heavy atom. The molecule has 0 unspecified atom stereocenters. The van der Waals surface area contributed by atoms with E-state index in [0.29, 0.717) is 0 Å². The zero-order valence-corrected chi connectivity index (χ0v) is 11.7. The number of nitrogens with two attached hydrogens (primary N) is 2. The predicted molar refractivity (Wildman–Crippen MR) is 78.8 cm³/mol. The Hall–Kier alpha value is -0.360. The van der Waals surface area contributed by atoms with Crippen molar-refractivity contribution in [2.24, 2.45) is 23.3 Å². The van der Waals surface area contributed by atoms with Gasteiger partial charge in [-0.25, -0.2) is 0 Å². The fourth-order valence-electron chi connectivity index (χ4n) is 2.23. The minimum atomic E-state index is 0.233. The summed E-state index contributed by atoms with van der Waals surface area (Å²) in [6.45, 7) is 0. The van der Waals surface area contributed by atoms with Crippen molar-refractivity contribution in [3.63, 3.8) is 0 Å². The van der Waals surface area contributed by atoms with Gasteiger partial charge in [0.25, 0.3) is 0 Å². The summed E-state index contributed by atoms with van der Waals surface area (Å²) in [4.78, 5) is 0. The van der Waals surface area contributed by atoms with Crippen LogP contribution in [0.3, 0.4) is 0 Å². The molecule has 0 heterocycles. The van der Waals surface area contributed by atoms with E-state index in [1.54, 1.807) is 0 Å². The first-order valence-electron chi connectivity index (χ1n) is 6.01. The third-order valence-corrected chi connectivity index (χ3v) is 4.92. The fraction of sp³-hybridized carbons (Fsp3) is 0.818. The van der Waals surface area contributed by atoms with Crippen molar-refractivity contribution >= 4 is 33.9 Å². The third kappa shape index (κ3) is 6.83. The van der Waals surface area contributed by atoms with Crippen molar-refractivity contribution in [2.45, 2.75) is 32.1 Å². The first-order valence-corrected chi connectivity index (χ1v) is 7.98. The van der Waals surface area contributed by atoms with Gasteiger partial charge in [-0.05, 0) is 31.1 Å². The average molecular weight is 274 g/mol. The van der Waals surface area contributed by atoms with Crippen LogP contribution in [-0.4, -0.2) is 21.8 Å². The van der Waals surface area contributed by atoms with Crippen molar-refractivity contribution in [3.05, 3.63) is 0 Å². The standard InChI is InChI=1S/C11H22N4S2/c12-10(13)16-6-5-8-1-3-9(4-2-8)7-17-11(14)15/h8-9H,1-7H2,(H3,12,13)(H3,14,15)/t8-,9+. The van der Waals surface area contributed by atoms with Crippen LogP contribution in [0.5, 0.6) is 0 Å². The molecule has 6 heteroatoms. The smallest absolute Gasteiger partial charge is 0.151 e. The number of hydrogen-bond acceptors (Lipinski definition) is 4. The van der Waals surface area contributed by atoms with Crippen LogP contribution in [0.25, 0.3) is 0 Å². The molecule has 1 aliphatic carbocycles. The monoisotopic (exact) mass is 274 g/mol. The molecule has 17 heavy (non-hydrogen) atoms. The SMILES string of the molecule is N=C(N)SCC[C@H]1CC[C@@H](CSC(=N)N)CC1. The highest BCUT2D eigenvalue weighted by molar-refractivity contribution is 8.13. The van der Waals surface area contributed by atoms with Gasteiger partial charge in [-0.1, -0.05) is 36.4 Å². The van der Waals surface area contributed by atoms with Crippen molar-refractivity contribution in [1.29, 1.82) is 10.8 Å². The first kappa shape index (κ1) is 14.7. The number of amidine groups is 2. The highest BCUT2D eigenvalue weighted by Gasteiger charge is 2.21. The highest BCUT2D eigenvalue weighted by atomic mass is 32.2. The van der Waals surface area contributed by atoms with Gasteiger partial charge in [-0.15, -0.1) is 0 Å². The second-order valence-electron chi connectivity index (χ2n) is 4.56. The molecule has 0 radical (unpaired) electrons. The zero-order valence-electron chi connectivity index (χ0n) is 10.1. The second kappa shape index (κ2) is 7.87. The average Bonchev–Trinajstić information content (AvgIpc) is 2.27. The summed E-state index contributed by atoms with van der Waals surface area (Å²) in [6.07, 6.45) is 6.26. The van der Waals surface area contributed by atoms with Gasteiger partial charge in [-0.2, -0.15) is 0 Å². The molecule has 0 aliphatic heterocycles. The molecule has 1 fully saturated rings. The summed E-state index contributed by atoms with van der Waals surface area (Å²) >= 11 is 2.93. The van der Waals surface area contributed by atoms with Gasteiger partial charge < -0.3 is 11.5 Å². The van der Waals surface area contributed by atoms with Crippen LogP contribution >= 0.6 is 23.5 Å². The molecule has 1 rings (SSSR count). The quantitative estimate of drug-likeness (QED) is 0.457. The van der Waals surface area contributed by atoms with E-state index in [1.807, 2.05) is 0 Å². The van der Waals surface area contributed by atoms with Crippen LogP contribution in [0.15, 0.2) is 0 Å². The number of hydrogen-bond donors (Lipinski definition) is 4. The Labute approximate surface area is 112 Å². The molecule has 0 aromatic carbocycles. The summed E-state index contributed by atoms with van der Waals surface area (Å²) in [5.41, 5.74) is 10.7. The topological polar surface area (TPSA) is 99.7 Å². The van der Waals surface area contributed by atoms with Crippen LogP contribution in [0.2, 0.25) is 0 Å². The molecule has 0 bridgehead atoms. The highest BCUT2D eigenvalue weighted by Crippen LogP contribution is 2.33. The molecular formula is C11H22N4S2. The number of rotatable bonds is 5. The lowest BCUT2D eigenvalue weighted by Gasteiger charge is -2.28. The third-order valence-electron chi connectivity index (χ3n) is 3.22. The lowest BCUT2D eigenvalue weighted by atomic mass is 9.82. The maximum atomic E-state index is 7.19. The maximum Gasteiger partial charge on any atom is 0.151 e. The Morgan fingerprint density at radius 1 is 0.941 bits per heavy atom. The van der Waals surface area contributed by atoms with E-state index in [9.17, 15) is 0 Å². The molecule has 0 amide bonds. The summed E-state index contributed by atoms with van der Waals surface area (Å²) in [5, 5.41) is 14.8. The summed E-state index contributed by atoms with van der Waals surface area (Å²) in [6, 6.07) is 0. The van der Waals surface area contributed by atoms with Gasteiger partial charge in [0, 0.05) is 11.5 Å². The van der Waals surface area contributed by atoms with Crippen molar-refractivity contribution in [1.82, 2.24) is 0 Å². The predicted octanol–water partition coefficient (Wildman–Crippen LogP) is 2.44. The largest absolute Gasteiger partial charge is 0.379 e. The lowest BCUT2D eigenvalue weighted by Crippen LogP contribution is -2.18. The molecule has 6 N–H and O–H groups in total. The molecule has 0 spiro atoms. The normalized spacial score (nSPS) is 24.5. The Morgan fingerprint density at radius 2 is 1.47 bits per heavy atom. The number of thioether (sulfide) groups is 2. The Balaban J connectivity index is 2.08. The Kier molecular flexibility index (Phi) is 6.80. The minimum absolute atomic E-state index is 0.233. The molecule has 0 atom stereocenters. The summed E-state index contributed by atoms with van der Waals surface area (Å²) in [5.74, 6) is 3.53. The van der Waals surface area contributed by atoms with E-state index >= 15 is 0 Å². The van der Waals surface area contributed by atoms with E-state index in [-0.39, 0.29) is 10.3 Å². The fourth-order valence-corrected chi connectivity index (χ4v) is 3.65. The molecule has 0 aromatic rings. The van der Waals surface area contributed by atoms with E-state index < -0.39 is 0 Å². The first-order chi connectivity index (χ1) is 8.08. The Bertz CT molecular complexity index is 262. The molecular weight excluding hydrogens is 252 g/mol. The molecule has 0 aromatic heterocycles. The van der Waals surface area contributed by atoms with Gasteiger partial charge in [-0.3, -0.25) is 10.8 Å². The zero-order chi connectivity index (χ0) is 12.7. The van der Waals surface area contributed by atoms with Gasteiger partial charge in [0.05, 0.1) is 0 Å². The van der Waals surface area contributed by atoms with E-state index in [1.165, 1.54) is 55.6 Å². The van der Waals surface area contributed by atoms with E-state index in [4.69, 9.17) is 22.3 Å². The van der Waals surface area contributed by atoms with Gasteiger partial charge in [0.2, 0.25) is 0 Å². The summed E-state index contributed by atoms with van der Waals surface area (Å²) < 4.78 is 0. The molecule has 4 nitrogen and oxygen atoms in total. The van der Waals surface area contributed by atoms with Crippen molar-refractivity contribution < 1.29 is 0 Å². The van der Waals surface area contributed by atoms with Crippen LogP contribution in [-0.2, 0) is 0 Å². The number of nitrogens with one attached hydrogen (secondary N) is 2. The lowest BCUT2D eigenvalue weighted by molar-refractivity contribution is 0.289. The van der Waals surface area contributed by atoms with Crippen LogP contribution < -0.4 is 11.5 Å². The van der Waals surface area contributed by atoms with Crippen LogP contribution in [0.1, 0.15) is 32.1 Å². The molecule has 0 saturated heterocycles. The van der Waals surface area contributed by atoms with Gasteiger partial charge in [0.1, 0.15) is 0 Å². The summed E-state index contributed by atoms with van der Waals surface area (Å²) in [7, 11) is 0. The second-order valence-corrected chi connectivity index (χ2v) is 6.76. The maximum absolute atomic E-state index is 7.19.